The maximum absolute atomic E-state index is 5.93. The molecule has 0 bridgehead atoms. The summed E-state index contributed by atoms with van der Waals surface area (Å²) in [5.74, 6) is 1.52. The number of nitrogens with zero attached hydrogens (tertiary/aromatic N) is 2. The second-order valence-electron chi connectivity index (χ2n) is 5.47. The minimum atomic E-state index is 0.408. The molecule has 1 aromatic carbocycles. The zero-order valence-electron chi connectivity index (χ0n) is 13.0. The zero-order valence-corrected chi connectivity index (χ0v) is 13.8. The Morgan fingerprint density at radius 3 is 2.67 bits per heavy atom. The Bertz CT molecular complexity index is 639. The van der Waals surface area contributed by atoms with Crippen LogP contribution in [0.5, 0.6) is 0 Å². The molecule has 0 saturated carbocycles. The topological polar surface area (TPSA) is 42.2 Å². The Hall–Kier alpha value is -1.68. The number of anilines is 1. The predicted molar refractivity (Wildman–Crippen MR) is 95.0 cm³/mol. The van der Waals surface area contributed by atoms with E-state index in [-0.39, 0.29) is 0 Å². The summed E-state index contributed by atoms with van der Waals surface area (Å²) in [5, 5.41) is 1.07. The van der Waals surface area contributed by atoms with Crippen molar-refractivity contribution >= 4 is 33.9 Å². The fourth-order valence-corrected chi connectivity index (χ4v) is 2.55. The van der Waals surface area contributed by atoms with E-state index < -0.39 is 0 Å². The number of hydrogen-bond donors (Lipinski definition) is 1. The second-order valence-corrected chi connectivity index (χ2v) is 5.91. The summed E-state index contributed by atoms with van der Waals surface area (Å²) in [5.41, 5.74) is 7.78. The van der Waals surface area contributed by atoms with Crippen LogP contribution in [0.25, 0.3) is 10.9 Å². The number of rotatable bonds is 6. The molecule has 2 aromatic rings. The van der Waals surface area contributed by atoms with E-state index >= 15 is 0 Å². The van der Waals surface area contributed by atoms with E-state index in [2.05, 4.69) is 31.7 Å². The van der Waals surface area contributed by atoms with Crippen LogP contribution < -0.4 is 10.6 Å². The van der Waals surface area contributed by atoms with Gasteiger partial charge in [0.25, 0.3) is 0 Å². The van der Waals surface area contributed by atoms with Crippen molar-refractivity contribution in [2.45, 2.75) is 27.2 Å². The van der Waals surface area contributed by atoms with Crippen LogP contribution in [-0.4, -0.2) is 23.1 Å². The number of hydrogen-bond acceptors (Lipinski definition) is 3. The summed E-state index contributed by atoms with van der Waals surface area (Å²) in [6.45, 7) is 8.47. The Morgan fingerprint density at radius 2 is 2.05 bits per heavy atom. The summed E-state index contributed by atoms with van der Waals surface area (Å²) < 4.78 is 0. The molecular weight excluding hydrogens is 278 g/mol. The van der Waals surface area contributed by atoms with Crippen LogP contribution in [0.15, 0.2) is 30.3 Å². The van der Waals surface area contributed by atoms with Gasteiger partial charge in [0.05, 0.1) is 11.1 Å². The first-order valence-electron chi connectivity index (χ1n) is 7.51. The summed E-state index contributed by atoms with van der Waals surface area (Å²) in [4.78, 5) is 7.49. The highest BCUT2D eigenvalue weighted by Crippen LogP contribution is 2.24. The first-order valence-corrected chi connectivity index (χ1v) is 7.92. The highest BCUT2D eigenvalue weighted by Gasteiger charge is 2.16. The maximum atomic E-state index is 5.93. The lowest BCUT2D eigenvalue weighted by atomic mass is 10.1. The van der Waals surface area contributed by atoms with Gasteiger partial charge in [-0.1, -0.05) is 50.7 Å². The van der Waals surface area contributed by atoms with Crippen molar-refractivity contribution in [3.8, 4) is 0 Å². The average molecular weight is 301 g/mol. The Morgan fingerprint density at radius 1 is 1.33 bits per heavy atom. The highest BCUT2D eigenvalue weighted by atomic mass is 32.1. The molecule has 0 aliphatic rings. The van der Waals surface area contributed by atoms with Crippen LogP contribution in [0.3, 0.4) is 0 Å². The molecule has 1 atom stereocenters. The number of pyridine rings is 1. The number of thiocarbonyl (C=S) groups is 1. The van der Waals surface area contributed by atoms with Crippen molar-refractivity contribution in [2.24, 2.45) is 11.7 Å². The number of para-hydroxylation sites is 1. The molecule has 0 spiro atoms. The van der Waals surface area contributed by atoms with E-state index in [9.17, 15) is 0 Å². The Balaban J connectivity index is 2.53. The molecule has 0 amide bonds. The van der Waals surface area contributed by atoms with Crippen molar-refractivity contribution in [1.82, 2.24) is 4.98 Å². The SMILES string of the molecule is CCC(C)CN(CC)c1nc2ccccc2cc1C(N)=S. The number of nitrogens with two attached hydrogens (primary N) is 1. The molecule has 0 saturated heterocycles. The molecular formula is C17H23N3S. The van der Waals surface area contributed by atoms with Gasteiger partial charge >= 0.3 is 0 Å². The van der Waals surface area contributed by atoms with Gasteiger partial charge in [-0.05, 0) is 25.0 Å². The summed E-state index contributed by atoms with van der Waals surface area (Å²) >= 11 is 5.23. The van der Waals surface area contributed by atoms with Crippen LogP contribution in [0.1, 0.15) is 32.8 Å². The van der Waals surface area contributed by atoms with Crippen molar-refractivity contribution in [2.75, 3.05) is 18.0 Å². The number of benzene rings is 1. The van der Waals surface area contributed by atoms with Gasteiger partial charge in [0.15, 0.2) is 0 Å². The summed E-state index contributed by atoms with van der Waals surface area (Å²) in [6, 6.07) is 10.1. The molecule has 0 fully saturated rings. The van der Waals surface area contributed by atoms with E-state index in [1.165, 1.54) is 0 Å². The normalized spacial score (nSPS) is 12.3. The molecule has 112 valence electrons. The summed E-state index contributed by atoms with van der Waals surface area (Å²) in [7, 11) is 0. The van der Waals surface area contributed by atoms with E-state index in [0.29, 0.717) is 10.9 Å². The van der Waals surface area contributed by atoms with Crippen molar-refractivity contribution in [3.05, 3.63) is 35.9 Å². The second kappa shape index (κ2) is 6.85. The Labute approximate surface area is 132 Å². The molecule has 1 aromatic heterocycles. The van der Waals surface area contributed by atoms with E-state index in [1.807, 2.05) is 24.3 Å². The molecule has 3 nitrogen and oxygen atoms in total. The van der Waals surface area contributed by atoms with E-state index in [4.69, 9.17) is 22.9 Å². The van der Waals surface area contributed by atoms with Crippen molar-refractivity contribution in [3.63, 3.8) is 0 Å². The lowest BCUT2D eigenvalue weighted by molar-refractivity contribution is 0.546. The van der Waals surface area contributed by atoms with Gasteiger partial charge in [0, 0.05) is 18.5 Å². The van der Waals surface area contributed by atoms with Crippen molar-refractivity contribution < 1.29 is 0 Å². The van der Waals surface area contributed by atoms with Crippen LogP contribution in [0.2, 0.25) is 0 Å². The Kier molecular flexibility index (Phi) is 5.12. The van der Waals surface area contributed by atoms with Gasteiger partial charge in [-0.2, -0.15) is 0 Å². The van der Waals surface area contributed by atoms with Crippen LogP contribution in [0, 0.1) is 5.92 Å². The first kappa shape index (κ1) is 15.7. The van der Waals surface area contributed by atoms with Gasteiger partial charge in [-0.25, -0.2) is 4.98 Å². The third-order valence-corrected chi connectivity index (χ3v) is 4.10. The highest BCUT2D eigenvalue weighted by molar-refractivity contribution is 7.80. The van der Waals surface area contributed by atoms with Crippen molar-refractivity contribution in [1.29, 1.82) is 0 Å². The summed E-state index contributed by atoms with van der Waals surface area (Å²) in [6.07, 6.45) is 1.15. The molecule has 1 unspecified atom stereocenters. The third-order valence-electron chi connectivity index (χ3n) is 3.88. The average Bonchev–Trinajstić information content (AvgIpc) is 2.50. The predicted octanol–water partition coefficient (Wildman–Crippen LogP) is 3.74. The van der Waals surface area contributed by atoms with Gasteiger partial charge in [-0.15, -0.1) is 0 Å². The molecule has 1 heterocycles. The van der Waals surface area contributed by atoms with Gasteiger partial charge in [0.2, 0.25) is 0 Å². The fraction of sp³-hybridized carbons (Fsp3) is 0.412. The molecule has 0 aliphatic heterocycles. The minimum absolute atomic E-state index is 0.408. The first-order chi connectivity index (χ1) is 10.1. The standard InChI is InChI=1S/C17H23N3S/c1-4-12(3)11-20(5-2)17-14(16(18)21)10-13-8-6-7-9-15(13)19-17/h6-10,12H,4-5,11H2,1-3H3,(H2,18,21). The minimum Gasteiger partial charge on any atom is -0.389 e. The van der Waals surface area contributed by atoms with Gasteiger partial charge < -0.3 is 10.6 Å². The van der Waals surface area contributed by atoms with Crippen LogP contribution in [0.4, 0.5) is 5.82 Å². The molecule has 2 rings (SSSR count). The van der Waals surface area contributed by atoms with E-state index in [1.54, 1.807) is 0 Å². The number of fused-ring (bicyclic) bond motifs is 1. The molecule has 2 N–H and O–H groups in total. The van der Waals surface area contributed by atoms with E-state index in [0.717, 1.165) is 41.8 Å². The van der Waals surface area contributed by atoms with Crippen LogP contribution >= 0.6 is 12.2 Å². The van der Waals surface area contributed by atoms with Crippen LogP contribution in [-0.2, 0) is 0 Å². The monoisotopic (exact) mass is 301 g/mol. The smallest absolute Gasteiger partial charge is 0.139 e. The molecule has 0 radical (unpaired) electrons. The lowest BCUT2D eigenvalue weighted by Crippen LogP contribution is -2.31. The zero-order chi connectivity index (χ0) is 15.4. The molecule has 4 heteroatoms. The third kappa shape index (κ3) is 3.50. The molecule has 0 aliphatic carbocycles. The molecule has 21 heavy (non-hydrogen) atoms. The lowest BCUT2D eigenvalue weighted by Gasteiger charge is -2.27. The largest absolute Gasteiger partial charge is 0.389 e. The number of aromatic nitrogens is 1. The quantitative estimate of drug-likeness (QED) is 0.825. The van der Waals surface area contributed by atoms with Gasteiger partial charge in [-0.3, -0.25) is 0 Å². The maximum Gasteiger partial charge on any atom is 0.139 e. The van der Waals surface area contributed by atoms with Gasteiger partial charge in [0.1, 0.15) is 10.8 Å². The fourth-order valence-electron chi connectivity index (χ4n) is 2.40.